The van der Waals surface area contributed by atoms with Crippen LogP contribution in [-0.2, 0) is 0 Å². The van der Waals surface area contributed by atoms with Crippen molar-refractivity contribution in [1.82, 2.24) is 0 Å². The summed E-state index contributed by atoms with van der Waals surface area (Å²) in [6.07, 6.45) is 2.84. The number of hydrogen-bond acceptors (Lipinski definition) is 0. The Morgan fingerprint density at radius 3 is 1.83 bits per heavy atom. The third kappa shape index (κ3) is 18.3. The molecular weight excluding hydrogens is 80.9 g/mol. The molecule has 0 aromatic heterocycles. The zero-order valence-corrected chi connectivity index (χ0v) is 5.72. The predicted octanol–water partition coefficient (Wildman–Crippen LogP) is -4.72. The van der Waals surface area contributed by atoms with Crippen LogP contribution in [0.3, 0.4) is 0 Å². The minimum atomic E-state index is 0. The molecule has 0 heterocycles. The van der Waals surface area contributed by atoms with Gasteiger partial charge in [-0.2, -0.15) is 0 Å². The van der Waals surface area contributed by atoms with E-state index in [1.165, 1.54) is 0 Å². The van der Waals surface area contributed by atoms with Crippen molar-refractivity contribution in [3.8, 4) is 0 Å². The van der Waals surface area contributed by atoms with Crippen molar-refractivity contribution in [1.29, 1.82) is 0 Å². The summed E-state index contributed by atoms with van der Waals surface area (Å²) in [5, 5.41) is 0. The van der Waals surface area contributed by atoms with Gasteiger partial charge in [-0.3, -0.25) is 0 Å². The maximum Gasteiger partial charge on any atom is 1.00 e. The van der Waals surface area contributed by atoms with Crippen LogP contribution in [0.5, 0.6) is 0 Å². The molecule has 0 rings (SSSR count). The maximum absolute atomic E-state index is 3.46. The molecule has 0 nitrogen and oxygen atoms in total. The molecule has 0 N–H and O–H groups in total. The molecule has 6 heavy (non-hydrogen) atoms. The van der Waals surface area contributed by atoms with Crippen molar-refractivity contribution in [2.45, 2.75) is 0 Å². The molecule has 3 heteroatoms. The molecule has 0 aliphatic heterocycles. The first-order valence-electron chi connectivity index (χ1n) is 1.22. The molecule has 28 valence electrons. The topological polar surface area (TPSA) is 0 Å². The Bertz CT molecular complexity index is 29.2. The summed E-state index contributed by atoms with van der Waals surface area (Å²) in [6.45, 7) is 3.46. The fourth-order valence-electron chi connectivity index (χ4n) is 0. The van der Waals surface area contributed by atoms with E-state index >= 15 is 0 Å². The summed E-state index contributed by atoms with van der Waals surface area (Å²) in [7, 11) is 2.54. The first-order chi connectivity index (χ1) is 1.91. The van der Waals surface area contributed by atoms with E-state index < -0.39 is 0 Å². The molecule has 0 aromatic rings. The van der Waals surface area contributed by atoms with E-state index in [1.54, 1.807) is 0 Å². The number of hydrogen-bond donors (Lipinski definition) is 0. The zero-order chi connectivity index (χ0) is 3.41. The van der Waals surface area contributed by atoms with Crippen LogP contribution in [0.2, 0.25) is 0 Å². The van der Waals surface area contributed by atoms with Crippen LogP contribution in [0, 0.1) is 0 Å². The third-order valence-corrected chi connectivity index (χ3v) is 0.500. The van der Waals surface area contributed by atoms with Gasteiger partial charge in [-0.25, -0.2) is 0 Å². The van der Waals surface area contributed by atoms with Crippen LogP contribution in [0.25, 0.3) is 0 Å². The van der Waals surface area contributed by atoms with Gasteiger partial charge in [-0.05, 0) is 6.16 Å². The smallest absolute Gasteiger partial charge is 1.00 e. The molecule has 0 aliphatic carbocycles. The molecule has 0 aromatic carbocycles. The number of rotatable bonds is 1. The Hall–Kier alpha value is 1.36. The quantitative estimate of drug-likeness (QED) is 0.172. The molecule has 0 saturated carbocycles. The summed E-state index contributed by atoms with van der Waals surface area (Å²) in [5.41, 5.74) is 0. The van der Waals surface area contributed by atoms with E-state index in [9.17, 15) is 0 Å². The van der Waals surface area contributed by atoms with E-state index in [-0.39, 0.29) is 40.6 Å². The van der Waals surface area contributed by atoms with Crippen molar-refractivity contribution in [2.75, 3.05) is 6.16 Å². The van der Waals surface area contributed by atoms with Gasteiger partial charge in [0.05, 0.1) is 0 Å². The third-order valence-electron chi connectivity index (χ3n) is 0.167. The molecule has 1 unspecified atom stereocenters. The SMILES string of the molecule is C=CCP.[H-].[H-].[Li+].[Li+]. The fraction of sp³-hybridized carbons (Fsp3) is 0.333. The number of allylic oxidation sites excluding steroid dienone is 1. The van der Waals surface area contributed by atoms with Crippen LogP contribution >= 0.6 is 9.24 Å². The first-order valence-corrected chi connectivity index (χ1v) is 2.04. The fourth-order valence-corrected chi connectivity index (χ4v) is 0. The van der Waals surface area contributed by atoms with Crippen LogP contribution in [-0.4, -0.2) is 6.16 Å². The Kier molecular flexibility index (Phi) is 42.2. The minimum absolute atomic E-state index is 0. The largest absolute Gasteiger partial charge is 1.00 e. The summed E-state index contributed by atoms with van der Waals surface area (Å²) < 4.78 is 0. The maximum atomic E-state index is 3.46. The molecular formula is C3H9Li2P. The van der Waals surface area contributed by atoms with Gasteiger partial charge >= 0.3 is 37.7 Å². The Morgan fingerprint density at radius 1 is 1.67 bits per heavy atom. The molecule has 0 fully saturated rings. The van der Waals surface area contributed by atoms with Crippen molar-refractivity contribution in [3.05, 3.63) is 12.7 Å². The van der Waals surface area contributed by atoms with Gasteiger partial charge in [0.15, 0.2) is 0 Å². The van der Waals surface area contributed by atoms with E-state index in [0.29, 0.717) is 0 Å². The standard InChI is InChI=1S/C3H7P.2Li.2H/c1-2-3-4;;;;/h2H,1,3-4H2;;;;/q;2*+1;2*-1. The Morgan fingerprint density at radius 2 is 1.83 bits per heavy atom. The molecule has 0 radical (unpaired) electrons. The normalized spacial score (nSPS) is 4.17. The Balaban J connectivity index is -0.00000000750. The summed E-state index contributed by atoms with van der Waals surface area (Å²) in [6, 6.07) is 0. The van der Waals surface area contributed by atoms with Gasteiger partial charge in [0, 0.05) is 0 Å². The zero-order valence-electron chi connectivity index (χ0n) is 6.57. The van der Waals surface area contributed by atoms with Gasteiger partial charge in [0.2, 0.25) is 0 Å². The second-order valence-corrected chi connectivity index (χ2v) is 0.996. The monoisotopic (exact) mass is 90.1 g/mol. The average molecular weight is 90.0 g/mol. The second-order valence-electron chi connectivity index (χ2n) is 0.524. The average Bonchev–Trinajstić information content (AvgIpc) is 1.37. The van der Waals surface area contributed by atoms with Crippen LogP contribution < -0.4 is 37.7 Å². The van der Waals surface area contributed by atoms with Crippen LogP contribution in [0.15, 0.2) is 12.7 Å². The van der Waals surface area contributed by atoms with E-state index in [0.717, 1.165) is 6.16 Å². The van der Waals surface area contributed by atoms with E-state index in [1.807, 2.05) is 6.08 Å². The second kappa shape index (κ2) is 16.2. The predicted molar refractivity (Wildman–Crippen MR) is 27.0 cm³/mol. The Labute approximate surface area is 68.7 Å². The van der Waals surface area contributed by atoms with Gasteiger partial charge < -0.3 is 2.85 Å². The van der Waals surface area contributed by atoms with Crippen LogP contribution in [0.4, 0.5) is 0 Å². The summed E-state index contributed by atoms with van der Waals surface area (Å²) in [4.78, 5) is 0. The van der Waals surface area contributed by atoms with Gasteiger partial charge in [-0.15, -0.1) is 15.8 Å². The van der Waals surface area contributed by atoms with Crippen molar-refractivity contribution < 1.29 is 40.6 Å². The molecule has 0 bridgehead atoms. The molecule has 1 atom stereocenters. The first kappa shape index (κ1) is 15.7. The molecule has 0 saturated heterocycles. The van der Waals surface area contributed by atoms with E-state index in [2.05, 4.69) is 15.8 Å². The van der Waals surface area contributed by atoms with Gasteiger partial charge in [0.25, 0.3) is 0 Å². The van der Waals surface area contributed by atoms with Crippen molar-refractivity contribution in [2.24, 2.45) is 0 Å². The summed E-state index contributed by atoms with van der Waals surface area (Å²) in [5.74, 6) is 0. The molecule has 0 aliphatic rings. The van der Waals surface area contributed by atoms with E-state index in [4.69, 9.17) is 0 Å². The van der Waals surface area contributed by atoms with Crippen LogP contribution in [0.1, 0.15) is 2.85 Å². The minimum Gasteiger partial charge on any atom is -1.00 e. The van der Waals surface area contributed by atoms with Crippen molar-refractivity contribution >= 4 is 9.24 Å². The van der Waals surface area contributed by atoms with Gasteiger partial charge in [-0.1, -0.05) is 6.08 Å². The molecule has 0 amide bonds. The van der Waals surface area contributed by atoms with Gasteiger partial charge in [0.1, 0.15) is 0 Å². The summed E-state index contributed by atoms with van der Waals surface area (Å²) >= 11 is 0. The van der Waals surface area contributed by atoms with Crippen molar-refractivity contribution in [3.63, 3.8) is 0 Å². The molecule has 0 spiro atoms.